The largest absolute Gasteiger partial charge is 0.618 e. The van der Waals surface area contributed by atoms with Crippen molar-refractivity contribution in [3.63, 3.8) is 0 Å². The Hall–Kier alpha value is -1.58. The maximum atomic E-state index is 10.8. The van der Waals surface area contributed by atoms with Gasteiger partial charge in [0.05, 0.1) is 0 Å². The highest BCUT2D eigenvalue weighted by atomic mass is 16.5. The number of carboxylic acid groups (broad SMARTS) is 1. The minimum Gasteiger partial charge on any atom is -0.618 e. The first-order chi connectivity index (χ1) is 5.11. The molecule has 11 heavy (non-hydrogen) atoms. The van der Waals surface area contributed by atoms with Crippen molar-refractivity contribution in [2.45, 2.75) is 6.92 Å². The van der Waals surface area contributed by atoms with E-state index in [0.717, 1.165) is 6.20 Å². The lowest BCUT2D eigenvalue weighted by Crippen LogP contribution is -2.30. The number of carboxylic acids is 1. The van der Waals surface area contributed by atoms with E-state index in [1.54, 1.807) is 6.92 Å². The molecule has 0 aliphatic rings. The number of pyridine rings is 1. The molecule has 4 nitrogen and oxygen atoms in total. The SMILES string of the molecule is Cc1ccc(C(=O)O)c[n+]1[O-]. The fourth-order valence-electron chi connectivity index (χ4n) is 0.682. The van der Waals surface area contributed by atoms with Crippen LogP contribution in [0.3, 0.4) is 0 Å². The molecule has 1 N–H and O–H groups in total. The number of aromatic nitrogens is 1. The van der Waals surface area contributed by atoms with Crippen LogP contribution in [0, 0.1) is 12.1 Å². The highest BCUT2D eigenvalue weighted by Gasteiger charge is 2.07. The van der Waals surface area contributed by atoms with Gasteiger partial charge < -0.3 is 10.3 Å². The molecule has 1 aromatic rings. The molecule has 1 aromatic heterocycles. The van der Waals surface area contributed by atoms with Gasteiger partial charge in [-0.05, 0) is 6.07 Å². The molecule has 0 aliphatic heterocycles. The van der Waals surface area contributed by atoms with E-state index in [2.05, 4.69) is 0 Å². The van der Waals surface area contributed by atoms with Crippen LogP contribution in [0.2, 0.25) is 0 Å². The van der Waals surface area contributed by atoms with Gasteiger partial charge in [-0.3, -0.25) is 0 Å². The van der Waals surface area contributed by atoms with Crippen molar-refractivity contribution >= 4 is 5.97 Å². The number of hydrogen-bond acceptors (Lipinski definition) is 2. The van der Waals surface area contributed by atoms with Crippen LogP contribution in [0.5, 0.6) is 0 Å². The van der Waals surface area contributed by atoms with E-state index in [1.807, 2.05) is 0 Å². The molecule has 0 saturated heterocycles. The summed E-state index contributed by atoms with van der Waals surface area (Å²) in [4.78, 5) is 10.3. The first kappa shape index (κ1) is 7.53. The maximum absolute atomic E-state index is 10.8. The third kappa shape index (κ3) is 1.46. The van der Waals surface area contributed by atoms with Crippen molar-refractivity contribution in [1.82, 2.24) is 0 Å². The first-order valence-electron chi connectivity index (χ1n) is 3.04. The molecule has 0 fully saturated rings. The third-order valence-corrected chi connectivity index (χ3v) is 1.36. The zero-order chi connectivity index (χ0) is 8.43. The van der Waals surface area contributed by atoms with Crippen molar-refractivity contribution in [2.75, 3.05) is 0 Å². The molecule has 0 amide bonds. The van der Waals surface area contributed by atoms with E-state index in [9.17, 15) is 10.0 Å². The summed E-state index contributed by atoms with van der Waals surface area (Å²) in [6.45, 7) is 1.61. The van der Waals surface area contributed by atoms with E-state index in [-0.39, 0.29) is 5.56 Å². The van der Waals surface area contributed by atoms with Crippen molar-refractivity contribution in [3.05, 3.63) is 34.8 Å². The van der Waals surface area contributed by atoms with Crippen LogP contribution in [-0.4, -0.2) is 11.1 Å². The highest BCUT2D eigenvalue weighted by molar-refractivity contribution is 5.86. The Bertz CT molecular complexity index is 296. The molecule has 0 aromatic carbocycles. The minimum atomic E-state index is -1.09. The maximum Gasteiger partial charge on any atom is 0.341 e. The average Bonchev–Trinajstić information content (AvgIpc) is 1.94. The summed E-state index contributed by atoms with van der Waals surface area (Å²) in [5.41, 5.74) is 0.487. The van der Waals surface area contributed by atoms with E-state index >= 15 is 0 Å². The Kier molecular flexibility index (Phi) is 1.76. The van der Waals surface area contributed by atoms with Crippen LogP contribution in [0.4, 0.5) is 0 Å². The molecule has 4 heteroatoms. The molecular formula is C7H7NO3. The Balaban J connectivity index is 3.15. The minimum absolute atomic E-state index is 0.00519. The topological polar surface area (TPSA) is 64.2 Å². The van der Waals surface area contributed by atoms with E-state index in [0.29, 0.717) is 10.4 Å². The van der Waals surface area contributed by atoms with Gasteiger partial charge in [0, 0.05) is 13.0 Å². The molecular weight excluding hydrogens is 146 g/mol. The number of aromatic carboxylic acids is 1. The van der Waals surface area contributed by atoms with E-state index < -0.39 is 5.97 Å². The lowest BCUT2D eigenvalue weighted by molar-refractivity contribution is -0.612. The number of carbonyl (C=O) groups is 1. The predicted molar refractivity (Wildman–Crippen MR) is 37.1 cm³/mol. The highest BCUT2D eigenvalue weighted by Crippen LogP contribution is 1.96. The Labute approximate surface area is 63.3 Å². The van der Waals surface area contributed by atoms with Crippen molar-refractivity contribution in [2.24, 2.45) is 0 Å². The summed E-state index contributed by atoms with van der Waals surface area (Å²) in [7, 11) is 0. The van der Waals surface area contributed by atoms with Crippen LogP contribution < -0.4 is 4.73 Å². The van der Waals surface area contributed by atoms with Gasteiger partial charge in [-0.15, -0.1) is 0 Å². The van der Waals surface area contributed by atoms with Crippen LogP contribution in [0.15, 0.2) is 18.3 Å². The summed E-state index contributed by atoms with van der Waals surface area (Å²) < 4.78 is 0.531. The lowest BCUT2D eigenvalue weighted by Gasteiger charge is -1.99. The number of nitrogens with zero attached hydrogens (tertiary/aromatic N) is 1. The van der Waals surface area contributed by atoms with Crippen molar-refractivity contribution < 1.29 is 14.6 Å². The summed E-state index contributed by atoms with van der Waals surface area (Å²) >= 11 is 0. The van der Waals surface area contributed by atoms with Crippen LogP contribution in [-0.2, 0) is 0 Å². The molecule has 0 saturated carbocycles. The normalized spacial score (nSPS) is 9.55. The zero-order valence-corrected chi connectivity index (χ0v) is 5.94. The molecule has 58 valence electrons. The summed E-state index contributed by atoms with van der Waals surface area (Å²) in [6, 6.07) is 2.86. The molecule has 1 rings (SSSR count). The molecule has 0 bridgehead atoms. The van der Waals surface area contributed by atoms with Crippen molar-refractivity contribution in [1.29, 1.82) is 0 Å². The lowest BCUT2D eigenvalue weighted by atomic mass is 10.2. The van der Waals surface area contributed by atoms with Gasteiger partial charge in [0.25, 0.3) is 0 Å². The zero-order valence-electron chi connectivity index (χ0n) is 5.94. The first-order valence-corrected chi connectivity index (χ1v) is 3.04. The van der Waals surface area contributed by atoms with Gasteiger partial charge in [0.1, 0.15) is 5.56 Å². The standard InChI is InChI=1S/C7H7NO3/c1-5-2-3-6(7(9)10)4-8(5)11/h2-4H,1H3,(H,9,10). The molecule has 0 spiro atoms. The van der Waals surface area contributed by atoms with Crippen LogP contribution in [0.25, 0.3) is 0 Å². The number of rotatable bonds is 1. The molecule has 1 heterocycles. The average molecular weight is 153 g/mol. The molecule has 0 aliphatic carbocycles. The van der Waals surface area contributed by atoms with Crippen LogP contribution in [0.1, 0.15) is 16.1 Å². The Morgan fingerprint density at radius 1 is 1.64 bits per heavy atom. The van der Waals surface area contributed by atoms with E-state index in [4.69, 9.17) is 5.11 Å². The fraction of sp³-hybridized carbons (Fsp3) is 0.143. The summed E-state index contributed by atoms with van der Waals surface area (Å²) in [6.07, 6.45) is 1.04. The van der Waals surface area contributed by atoms with Gasteiger partial charge >= 0.3 is 5.97 Å². The van der Waals surface area contributed by atoms with Gasteiger partial charge in [-0.1, -0.05) is 0 Å². The molecule has 0 unspecified atom stereocenters. The second-order valence-corrected chi connectivity index (χ2v) is 2.19. The van der Waals surface area contributed by atoms with Gasteiger partial charge in [-0.25, -0.2) is 4.79 Å². The fourth-order valence-corrected chi connectivity index (χ4v) is 0.682. The van der Waals surface area contributed by atoms with Gasteiger partial charge in [-0.2, -0.15) is 4.73 Å². The summed E-state index contributed by atoms with van der Waals surface area (Å²) in [5, 5.41) is 19.2. The molecule has 0 atom stereocenters. The molecule has 0 radical (unpaired) electrons. The van der Waals surface area contributed by atoms with Crippen LogP contribution >= 0.6 is 0 Å². The monoisotopic (exact) mass is 153 g/mol. The second-order valence-electron chi connectivity index (χ2n) is 2.19. The second kappa shape index (κ2) is 2.57. The van der Waals surface area contributed by atoms with Gasteiger partial charge in [0.2, 0.25) is 0 Å². The number of hydrogen-bond donors (Lipinski definition) is 1. The third-order valence-electron chi connectivity index (χ3n) is 1.36. The number of aryl methyl sites for hydroxylation is 1. The van der Waals surface area contributed by atoms with E-state index in [1.165, 1.54) is 12.1 Å². The Morgan fingerprint density at radius 3 is 2.73 bits per heavy atom. The van der Waals surface area contributed by atoms with Gasteiger partial charge in [0.15, 0.2) is 11.9 Å². The summed E-state index contributed by atoms with van der Waals surface area (Å²) in [5.74, 6) is -1.09. The quantitative estimate of drug-likeness (QED) is 0.467. The predicted octanol–water partition coefficient (Wildman–Crippen LogP) is 0.327. The van der Waals surface area contributed by atoms with Crippen molar-refractivity contribution in [3.8, 4) is 0 Å². The Morgan fingerprint density at radius 2 is 2.27 bits per heavy atom. The smallest absolute Gasteiger partial charge is 0.341 e.